The van der Waals surface area contributed by atoms with Gasteiger partial charge in [0.15, 0.2) is 0 Å². The first-order chi connectivity index (χ1) is 12.5. The van der Waals surface area contributed by atoms with Crippen LogP contribution in [0, 0.1) is 0 Å². The Hall–Kier alpha value is -0.281. The van der Waals surface area contributed by atoms with Crippen LogP contribution >= 0.6 is 0 Å². The zero-order chi connectivity index (χ0) is 19.5. The van der Waals surface area contributed by atoms with Crippen LogP contribution in [0.25, 0.3) is 6.08 Å². The molecule has 0 saturated heterocycles. The van der Waals surface area contributed by atoms with Crippen molar-refractivity contribution >= 4 is 24.5 Å². The SMILES string of the molecule is CCC[CH2][Sn]([CH2]CCC)([CH2]CCC)/[C](=C\c1ccccc1)C(C)(O)CC. The number of hydrogen-bond donors (Lipinski definition) is 1. The molecule has 1 nitrogen and oxygen atoms in total. The van der Waals surface area contributed by atoms with Crippen molar-refractivity contribution in [2.75, 3.05) is 0 Å². The summed E-state index contributed by atoms with van der Waals surface area (Å²) >= 11 is -2.66. The second-order valence-electron chi connectivity index (χ2n) is 8.19. The standard InChI is InChI=1S/C12H15O.3C4H9.Sn/c1-3-12(2,13)10-9-11-7-5-4-6-8-11;3*1-3-4-2;/h4-9,13H,3H2,1-2H3;3*1,3-4H2,2H3;. The number of aliphatic hydroxyl groups is 1. The van der Waals surface area contributed by atoms with E-state index < -0.39 is 24.0 Å². The van der Waals surface area contributed by atoms with Crippen molar-refractivity contribution in [1.29, 1.82) is 0 Å². The normalized spacial score (nSPS) is 15.1. The molecule has 0 aromatic heterocycles. The molecule has 0 aliphatic heterocycles. The summed E-state index contributed by atoms with van der Waals surface area (Å²) in [5.41, 5.74) is 0.614. The van der Waals surface area contributed by atoms with Crippen LogP contribution in [0.15, 0.2) is 33.9 Å². The van der Waals surface area contributed by atoms with E-state index in [9.17, 15) is 5.11 Å². The van der Waals surface area contributed by atoms with E-state index in [0.717, 1.165) is 6.42 Å². The molecule has 0 amide bonds. The van der Waals surface area contributed by atoms with Gasteiger partial charge in [-0.3, -0.25) is 0 Å². The number of benzene rings is 1. The van der Waals surface area contributed by atoms with Gasteiger partial charge in [-0.25, -0.2) is 0 Å². The van der Waals surface area contributed by atoms with Crippen molar-refractivity contribution < 1.29 is 5.11 Å². The van der Waals surface area contributed by atoms with Gasteiger partial charge in [-0.15, -0.1) is 0 Å². The maximum atomic E-state index is 11.5. The summed E-state index contributed by atoms with van der Waals surface area (Å²) < 4.78 is 5.69. The third kappa shape index (κ3) is 7.03. The summed E-state index contributed by atoms with van der Waals surface area (Å²) in [5.74, 6) is 0. The van der Waals surface area contributed by atoms with Crippen LogP contribution in [0.4, 0.5) is 0 Å². The molecule has 1 aromatic rings. The molecule has 1 N–H and O–H groups in total. The molecule has 0 aliphatic carbocycles. The van der Waals surface area contributed by atoms with Crippen molar-refractivity contribution in [3.8, 4) is 0 Å². The molecule has 0 aliphatic rings. The van der Waals surface area contributed by atoms with E-state index in [2.05, 4.69) is 71.0 Å². The van der Waals surface area contributed by atoms with Crippen molar-refractivity contribution in [3.05, 3.63) is 39.5 Å². The predicted molar refractivity (Wildman–Crippen MR) is 120 cm³/mol. The first-order valence-electron chi connectivity index (χ1n) is 11.0. The van der Waals surface area contributed by atoms with Gasteiger partial charge in [0.25, 0.3) is 0 Å². The summed E-state index contributed by atoms with van der Waals surface area (Å²) in [6.45, 7) is 11.2. The van der Waals surface area contributed by atoms with Gasteiger partial charge >= 0.3 is 168 Å². The molecular weight excluding hydrogens is 423 g/mol. The van der Waals surface area contributed by atoms with Gasteiger partial charge in [0.05, 0.1) is 0 Å². The first-order valence-corrected chi connectivity index (χ1v) is 18.4. The van der Waals surface area contributed by atoms with Gasteiger partial charge in [0.1, 0.15) is 0 Å². The van der Waals surface area contributed by atoms with Crippen LogP contribution in [0.2, 0.25) is 13.3 Å². The molecule has 2 heteroatoms. The third-order valence-corrected chi connectivity index (χ3v) is 22.4. The average Bonchev–Trinajstić information content (AvgIpc) is 2.67. The minimum absolute atomic E-state index is 0.652. The molecule has 0 bridgehead atoms. The van der Waals surface area contributed by atoms with E-state index >= 15 is 0 Å². The molecule has 0 spiro atoms. The fourth-order valence-corrected chi connectivity index (χ4v) is 22.5. The van der Waals surface area contributed by atoms with Crippen molar-refractivity contribution in [2.45, 2.75) is 98.5 Å². The Labute approximate surface area is 167 Å². The Bertz CT molecular complexity index is 496. The van der Waals surface area contributed by atoms with Gasteiger partial charge in [-0.05, 0) is 0 Å². The Morgan fingerprint density at radius 3 is 1.73 bits per heavy atom. The van der Waals surface area contributed by atoms with Crippen LogP contribution in [-0.2, 0) is 0 Å². The van der Waals surface area contributed by atoms with Gasteiger partial charge in [0.2, 0.25) is 0 Å². The molecule has 0 radical (unpaired) electrons. The summed E-state index contributed by atoms with van der Waals surface area (Å²) in [6.07, 6.45) is 11.0. The van der Waals surface area contributed by atoms with E-state index in [1.54, 1.807) is 0 Å². The van der Waals surface area contributed by atoms with E-state index in [-0.39, 0.29) is 0 Å². The van der Waals surface area contributed by atoms with Gasteiger partial charge < -0.3 is 0 Å². The monoisotopic (exact) mass is 466 g/mol. The minimum atomic E-state index is -2.66. The number of hydrogen-bond acceptors (Lipinski definition) is 1. The summed E-state index contributed by atoms with van der Waals surface area (Å²) in [6, 6.07) is 10.7. The molecule has 1 atom stereocenters. The van der Waals surface area contributed by atoms with E-state index in [1.165, 1.54) is 61.0 Å². The van der Waals surface area contributed by atoms with Crippen LogP contribution in [0.5, 0.6) is 0 Å². The van der Waals surface area contributed by atoms with E-state index in [4.69, 9.17) is 0 Å². The molecule has 0 fully saturated rings. The Kier molecular flexibility index (Phi) is 11.2. The van der Waals surface area contributed by atoms with E-state index in [0.29, 0.717) is 0 Å². The van der Waals surface area contributed by atoms with Crippen molar-refractivity contribution in [1.82, 2.24) is 0 Å². The van der Waals surface area contributed by atoms with Crippen molar-refractivity contribution in [3.63, 3.8) is 0 Å². The molecule has 148 valence electrons. The third-order valence-electron chi connectivity index (χ3n) is 5.98. The Balaban J connectivity index is 3.47. The van der Waals surface area contributed by atoms with Crippen LogP contribution in [0.1, 0.15) is 85.1 Å². The predicted octanol–water partition coefficient (Wildman–Crippen LogP) is 7.62. The number of unbranched alkanes of at least 4 members (excludes halogenated alkanes) is 3. The second kappa shape index (κ2) is 12.2. The quantitative estimate of drug-likeness (QED) is 0.297. The van der Waals surface area contributed by atoms with Gasteiger partial charge in [-0.1, -0.05) is 0 Å². The molecule has 26 heavy (non-hydrogen) atoms. The van der Waals surface area contributed by atoms with E-state index in [1.807, 2.05) is 0 Å². The van der Waals surface area contributed by atoms with Crippen LogP contribution in [0.3, 0.4) is 0 Å². The molecule has 0 saturated carbocycles. The fourth-order valence-electron chi connectivity index (χ4n) is 4.11. The fraction of sp³-hybridized carbons (Fsp3) is 0.667. The summed E-state index contributed by atoms with van der Waals surface area (Å²) in [5, 5.41) is 11.5. The Morgan fingerprint density at radius 2 is 1.35 bits per heavy atom. The van der Waals surface area contributed by atoms with Crippen molar-refractivity contribution in [2.24, 2.45) is 0 Å². The maximum absolute atomic E-state index is 11.5. The number of rotatable bonds is 13. The van der Waals surface area contributed by atoms with Crippen LogP contribution in [-0.4, -0.2) is 29.1 Å². The topological polar surface area (TPSA) is 20.2 Å². The molecular formula is C24H42OSn. The van der Waals surface area contributed by atoms with Gasteiger partial charge in [0, 0.05) is 0 Å². The zero-order valence-electron chi connectivity index (χ0n) is 18.0. The van der Waals surface area contributed by atoms with Gasteiger partial charge in [-0.2, -0.15) is 0 Å². The first kappa shape index (κ1) is 23.8. The molecule has 0 heterocycles. The molecule has 1 unspecified atom stereocenters. The van der Waals surface area contributed by atoms with Crippen LogP contribution < -0.4 is 0 Å². The summed E-state index contributed by atoms with van der Waals surface area (Å²) in [7, 11) is 0. The second-order valence-corrected chi connectivity index (χ2v) is 21.3. The Morgan fingerprint density at radius 1 is 0.885 bits per heavy atom. The molecule has 1 rings (SSSR count). The zero-order valence-corrected chi connectivity index (χ0v) is 20.8. The molecule has 1 aromatic carbocycles. The average molecular weight is 465 g/mol. The summed E-state index contributed by atoms with van der Waals surface area (Å²) in [4.78, 5) is 0.